The molecule has 1 aromatic rings. The van der Waals surface area contributed by atoms with Crippen LogP contribution >= 0.6 is 12.4 Å². The Morgan fingerprint density at radius 1 is 1.00 bits per heavy atom. The summed E-state index contributed by atoms with van der Waals surface area (Å²) >= 11 is 0. The Hall–Kier alpha value is -0.545. The molecule has 0 unspecified atom stereocenters. The summed E-state index contributed by atoms with van der Waals surface area (Å²) in [6.45, 7) is 8.94. The maximum absolute atomic E-state index is 6.00. The second-order valence-corrected chi connectivity index (χ2v) is 5.87. The monoisotopic (exact) mass is 283 g/mol. The quantitative estimate of drug-likeness (QED) is 0.862. The summed E-state index contributed by atoms with van der Waals surface area (Å²) < 4.78 is 12.0. The molecule has 5 heteroatoms. The first-order valence-electron chi connectivity index (χ1n) is 6.50. The van der Waals surface area contributed by atoms with Crippen LogP contribution in [0.5, 0.6) is 0 Å². The third-order valence-corrected chi connectivity index (χ3v) is 3.94. The summed E-state index contributed by atoms with van der Waals surface area (Å²) in [6.07, 6.45) is 0.906. The lowest BCUT2D eigenvalue weighted by Crippen LogP contribution is -2.41. The Labute approximate surface area is 122 Å². The van der Waals surface area contributed by atoms with Gasteiger partial charge in [0.05, 0.1) is 11.2 Å². The minimum Gasteiger partial charge on any atom is -0.399 e. The van der Waals surface area contributed by atoms with Crippen LogP contribution in [0.25, 0.3) is 0 Å². The average Bonchev–Trinajstić information content (AvgIpc) is 2.50. The minimum absolute atomic E-state index is 0. The van der Waals surface area contributed by atoms with Crippen molar-refractivity contribution in [1.82, 2.24) is 0 Å². The molecule has 3 nitrogen and oxygen atoms in total. The van der Waals surface area contributed by atoms with Gasteiger partial charge >= 0.3 is 7.12 Å². The van der Waals surface area contributed by atoms with Gasteiger partial charge in [0.25, 0.3) is 0 Å². The van der Waals surface area contributed by atoms with Crippen LogP contribution in [-0.2, 0) is 15.7 Å². The van der Waals surface area contributed by atoms with E-state index in [4.69, 9.17) is 15.0 Å². The lowest BCUT2D eigenvalue weighted by molar-refractivity contribution is 0.00578. The van der Waals surface area contributed by atoms with Gasteiger partial charge in [0, 0.05) is 0 Å². The Kier molecular flexibility index (Phi) is 5.07. The molecule has 2 rings (SSSR count). The molecule has 19 heavy (non-hydrogen) atoms. The van der Waals surface area contributed by atoms with Gasteiger partial charge in [-0.25, -0.2) is 0 Å². The molecule has 0 aliphatic carbocycles. The zero-order chi connectivity index (χ0) is 13.4. The fourth-order valence-electron chi connectivity index (χ4n) is 1.99. The highest BCUT2D eigenvalue weighted by molar-refractivity contribution is 6.62. The van der Waals surface area contributed by atoms with Gasteiger partial charge in [-0.1, -0.05) is 24.3 Å². The number of halogens is 1. The van der Waals surface area contributed by atoms with Crippen LogP contribution in [0, 0.1) is 0 Å². The normalized spacial score (nSPS) is 20.2. The minimum atomic E-state index is -0.284. The molecule has 2 N–H and O–H groups in total. The van der Waals surface area contributed by atoms with Gasteiger partial charge in [0.1, 0.15) is 0 Å². The van der Waals surface area contributed by atoms with Crippen molar-refractivity contribution >= 4 is 25.0 Å². The van der Waals surface area contributed by atoms with Gasteiger partial charge in [-0.2, -0.15) is 0 Å². The van der Waals surface area contributed by atoms with Gasteiger partial charge in [-0.15, -0.1) is 12.4 Å². The fraction of sp³-hybridized carbons (Fsp3) is 0.571. The van der Waals surface area contributed by atoms with Crippen molar-refractivity contribution < 1.29 is 9.31 Å². The second kappa shape index (κ2) is 5.84. The zero-order valence-electron chi connectivity index (χ0n) is 12.1. The number of nitrogens with two attached hydrogens (primary N) is 1. The number of hydrogen-bond acceptors (Lipinski definition) is 3. The number of hydrogen-bond donors (Lipinski definition) is 1. The van der Waals surface area contributed by atoms with Crippen molar-refractivity contribution in [3.8, 4) is 0 Å². The molecule has 0 saturated carbocycles. The second-order valence-electron chi connectivity index (χ2n) is 5.87. The number of benzene rings is 1. The third kappa shape index (κ3) is 3.32. The van der Waals surface area contributed by atoms with E-state index in [0.717, 1.165) is 11.9 Å². The van der Waals surface area contributed by atoms with E-state index in [-0.39, 0.29) is 30.7 Å². The standard InChI is InChI=1S/C14H22BNO2.ClH/c1-13(2)14(3,4)18-15(17-13)12-7-5-11(6-8-12)9-10-16;/h5-8H,9-10,16H2,1-4H3;1H. The van der Waals surface area contributed by atoms with E-state index < -0.39 is 0 Å². The van der Waals surface area contributed by atoms with Crippen LogP contribution < -0.4 is 11.2 Å². The molecular formula is C14H23BClNO2. The zero-order valence-corrected chi connectivity index (χ0v) is 12.9. The summed E-state index contributed by atoms with van der Waals surface area (Å²) in [5.41, 5.74) is 7.29. The van der Waals surface area contributed by atoms with E-state index in [2.05, 4.69) is 52.0 Å². The molecule has 1 saturated heterocycles. The Morgan fingerprint density at radius 3 is 1.89 bits per heavy atom. The van der Waals surface area contributed by atoms with Crippen LogP contribution in [0.2, 0.25) is 0 Å². The molecular weight excluding hydrogens is 260 g/mol. The predicted octanol–water partition coefficient (Wildman–Crippen LogP) is 1.91. The molecule has 1 aromatic carbocycles. The smallest absolute Gasteiger partial charge is 0.399 e. The first kappa shape index (κ1) is 16.5. The van der Waals surface area contributed by atoms with Gasteiger partial charge in [-0.05, 0) is 51.7 Å². The van der Waals surface area contributed by atoms with Gasteiger partial charge in [0.15, 0.2) is 0 Å². The van der Waals surface area contributed by atoms with Crippen LogP contribution in [0.1, 0.15) is 33.3 Å². The lowest BCUT2D eigenvalue weighted by atomic mass is 9.79. The molecule has 0 spiro atoms. The molecule has 106 valence electrons. The van der Waals surface area contributed by atoms with Crippen LogP contribution in [-0.4, -0.2) is 24.9 Å². The lowest BCUT2D eigenvalue weighted by Gasteiger charge is -2.32. The third-order valence-electron chi connectivity index (χ3n) is 3.94. The van der Waals surface area contributed by atoms with E-state index in [1.807, 2.05) is 0 Å². The van der Waals surface area contributed by atoms with Gasteiger partial charge < -0.3 is 15.0 Å². The van der Waals surface area contributed by atoms with E-state index in [9.17, 15) is 0 Å². The van der Waals surface area contributed by atoms with Crippen LogP contribution in [0.15, 0.2) is 24.3 Å². The Bertz CT molecular complexity index is 404. The van der Waals surface area contributed by atoms with Gasteiger partial charge in [-0.3, -0.25) is 0 Å². The molecule has 0 bridgehead atoms. The summed E-state index contributed by atoms with van der Waals surface area (Å²) in [4.78, 5) is 0. The summed E-state index contributed by atoms with van der Waals surface area (Å²) in [5.74, 6) is 0. The first-order chi connectivity index (χ1) is 8.36. The van der Waals surface area contributed by atoms with Crippen LogP contribution in [0.3, 0.4) is 0 Å². The van der Waals surface area contributed by atoms with Crippen molar-refractivity contribution in [3.63, 3.8) is 0 Å². The van der Waals surface area contributed by atoms with Crippen molar-refractivity contribution in [3.05, 3.63) is 29.8 Å². The highest BCUT2D eigenvalue weighted by atomic mass is 35.5. The van der Waals surface area contributed by atoms with Crippen molar-refractivity contribution in [2.24, 2.45) is 5.73 Å². The van der Waals surface area contributed by atoms with E-state index in [1.165, 1.54) is 5.56 Å². The maximum atomic E-state index is 6.00. The fourth-order valence-corrected chi connectivity index (χ4v) is 1.99. The van der Waals surface area contributed by atoms with Gasteiger partial charge in [0.2, 0.25) is 0 Å². The first-order valence-corrected chi connectivity index (χ1v) is 6.50. The highest BCUT2D eigenvalue weighted by Gasteiger charge is 2.51. The SMILES string of the molecule is CC1(C)OB(c2ccc(CCN)cc2)OC1(C)C.Cl. The molecule has 1 fully saturated rings. The van der Waals surface area contributed by atoms with E-state index in [1.54, 1.807) is 0 Å². The Balaban J connectivity index is 0.00000180. The topological polar surface area (TPSA) is 44.5 Å². The maximum Gasteiger partial charge on any atom is 0.494 e. The van der Waals surface area contributed by atoms with Crippen molar-refractivity contribution in [2.75, 3.05) is 6.54 Å². The summed E-state index contributed by atoms with van der Waals surface area (Å²) in [7, 11) is -0.276. The largest absolute Gasteiger partial charge is 0.494 e. The Morgan fingerprint density at radius 2 is 1.47 bits per heavy atom. The summed E-state index contributed by atoms with van der Waals surface area (Å²) in [5, 5.41) is 0. The van der Waals surface area contributed by atoms with E-state index in [0.29, 0.717) is 6.54 Å². The molecule has 1 aliphatic rings. The summed E-state index contributed by atoms with van der Waals surface area (Å²) in [6, 6.07) is 8.31. The van der Waals surface area contributed by atoms with Crippen molar-refractivity contribution in [2.45, 2.75) is 45.3 Å². The molecule has 1 heterocycles. The molecule has 0 radical (unpaired) electrons. The average molecular weight is 284 g/mol. The molecule has 1 aliphatic heterocycles. The van der Waals surface area contributed by atoms with Crippen LogP contribution in [0.4, 0.5) is 0 Å². The highest BCUT2D eigenvalue weighted by Crippen LogP contribution is 2.36. The van der Waals surface area contributed by atoms with E-state index >= 15 is 0 Å². The molecule has 0 amide bonds. The predicted molar refractivity (Wildman–Crippen MR) is 82.2 cm³/mol. The van der Waals surface area contributed by atoms with Crippen molar-refractivity contribution in [1.29, 1.82) is 0 Å². The molecule has 0 atom stereocenters. The number of rotatable bonds is 3. The molecule has 0 aromatic heterocycles.